The van der Waals surface area contributed by atoms with Crippen LogP contribution in [0.3, 0.4) is 0 Å². The molecule has 2 aliphatic heterocycles. The summed E-state index contributed by atoms with van der Waals surface area (Å²) in [5.74, 6) is 1.35. The SMILES string of the molecule is O=C1C=C[C@@H]2[C@@H]3C=CC[C@@H]3[C@H]1N2c1ccc([N+](=O)[O-])cn1. The number of hydrogen-bond acceptors (Lipinski definition) is 5. The summed E-state index contributed by atoms with van der Waals surface area (Å²) in [5.41, 5.74) is -0.0370. The lowest BCUT2D eigenvalue weighted by Gasteiger charge is -2.33. The van der Waals surface area contributed by atoms with Gasteiger partial charge in [0.25, 0.3) is 5.69 Å². The lowest BCUT2D eigenvalue weighted by atomic mass is 9.90. The topological polar surface area (TPSA) is 76.3 Å². The van der Waals surface area contributed by atoms with Crippen LogP contribution in [0.2, 0.25) is 0 Å². The van der Waals surface area contributed by atoms with E-state index in [1.165, 1.54) is 12.3 Å². The summed E-state index contributed by atoms with van der Waals surface area (Å²) in [5, 5.41) is 10.7. The van der Waals surface area contributed by atoms with Crippen molar-refractivity contribution in [2.45, 2.75) is 18.5 Å². The quantitative estimate of drug-likeness (QED) is 0.470. The van der Waals surface area contributed by atoms with E-state index in [4.69, 9.17) is 0 Å². The van der Waals surface area contributed by atoms with Gasteiger partial charge in [-0.3, -0.25) is 14.9 Å². The lowest BCUT2D eigenvalue weighted by molar-refractivity contribution is -0.385. The molecule has 0 unspecified atom stereocenters. The Labute approximate surface area is 120 Å². The second-order valence-electron chi connectivity index (χ2n) is 5.64. The van der Waals surface area contributed by atoms with Gasteiger partial charge in [-0.05, 0) is 24.5 Å². The van der Waals surface area contributed by atoms with E-state index in [0.29, 0.717) is 11.7 Å². The number of nitrogens with zero attached hydrogens (tertiary/aromatic N) is 3. The number of pyridine rings is 1. The van der Waals surface area contributed by atoms with Gasteiger partial charge in [0.1, 0.15) is 12.0 Å². The van der Waals surface area contributed by atoms with E-state index in [9.17, 15) is 14.9 Å². The van der Waals surface area contributed by atoms with Gasteiger partial charge in [0.05, 0.1) is 17.0 Å². The van der Waals surface area contributed by atoms with Crippen LogP contribution in [0.1, 0.15) is 6.42 Å². The Morgan fingerprint density at radius 2 is 2.19 bits per heavy atom. The Hall–Kier alpha value is -2.50. The number of ketones is 1. The molecule has 0 radical (unpaired) electrons. The predicted molar refractivity (Wildman–Crippen MR) is 75.8 cm³/mol. The highest BCUT2D eigenvalue weighted by atomic mass is 16.6. The van der Waals surface area contributed by atoms with Crippen molar-refractivity contribution in [1.29, 1.82) is 0 Å². The number of aromatic nitrogens is 1. The van der Waals surface area contributed by atoms with Gasteiger partial charge in [0, 0.05) is 12.0 Å². The Morgan fingerprint density at radius 3 is 2.90 bits per heavy atom. The maximum atomic E-state index is 12.3. The summed E-state index contributed by atoms with van der Waals surface area (Å²) >= 11 is 0. The van der Waals surface area contributed by atoms with E-state index in [-0.39, 0.29) is 29.5 Å². The molecule has 4 rings (SSSR count). The number of fused-ring (bicyclic) bond motifs is 5. The third kappa shape index (κ3) is 1.65. The molecule has 0 aromatic carbocycles. The average Bonchev–Trinajstić information content (AvgIpc) is 3.03. The van der Waals surface area contributed by atoms with Crippen molar-refractivity contribution < 1.29 is 9.72 Å². The zero-order chi connectivity index (χ0) is 14.6. The van der Waals surface area contributed by atoms with E-state index >= 15 is 0 Å². The third-order valence-electron chi connectivity index (χ3n) is 4.64. The van der Waals surface area contributed by atoms with Gasteiger partial charge in [0.15, 0.2) is 5.78 Å². The van der Waals surface area contributed by atoms with Crippen molar-refractivity contribution in [2.75, 3.05) is 4.90 Å². The molecule has 6 nitrogen and oxygen atoms in total. The number of rotatable bonds is 2. The van der Waals surface area contributed by atoms with E-state index in [0.717, 1.165) is 6.42 Å². The summed E-state index contributed by atoms with van der Waals surface area (Å²) in [6.45, 7) is 0. The zero-order valence-corrected chi connectivity index (χ0v) is 11.1. The Kier molecular flexibility index (Phi) is 2.48. The molecule has 1 aliphatic carbocycles. The van der Waals surface area contributed by atoms with Crippen LogP contribution < -0.4 is 4.90 Å². The molecule has 0 spiro atoms. The molecule has 0 saturated carbocycles. The fourth-order valence-corrected chi connectivity index (χ4v) is 3.77. The lowest BCUT2D eigenvalue weighted by Crippen LogP contribution is -2.45. The van der Waals surface area contributed by atoms with Crippen LogP contribution in [0.5, 0.6) is 0 Å². The van der Waals surface area contributed by atoms with Gasteiger partial charge in [-0.1, -0.05) is 18.2 Å². The average molecular weight is 283 g/mol. The van der Waals surface area contributed by atoms with Crippen LogP contribution >= 0.6 is 0 Å². The molecule has 21 heavy (non-hydrogen) atoms. The minimum Gasteiger partial charge on any atom is -0.339 e. The molecule has 3 heterocycles. The van der Waals surface area contributed by atoms with Gasteiger partial charge in [-0.15, -0.1) is 0 Å². The second-order valence-corrected chi connectivity index (χ2v) is 5.64. The first-order valence-corrected chi connectivity index (χ1v) is 6.94. The molecule has 4 atom stereocenters. The second kappa shape index (κ2) is 4.25. The highest BCUT2D eigenvalue weighted by Gasteiger charge is 2.52. The van der Waals surface area contributed by atoms with Crippen molar-refractivity contribution in [3.05, 3.63) is 52.7 Å². The number of anilines is 1. The van der Waals surface area contributed by atoms with Crippen molar-refractivity contribution >= 4 is 17.3 Å². The molecule has 0 amide bonds. The molecule has 1 aromatic heterocycles. The Morgan fingerprint density at radius 1 is 1.33 bits per heavy atom. The number of hydrogen-bond donors (Lipinski definition) is 0. The van der Waals surface area contributed by atoms with Gasteiger partial charge in [-0.25, -0.2) is 4.98 Å². The first-order valence-electron chi connectivity index (χ1n) is 6.94. The van der Waals surface area contributed by atoms with Crippen LogP contribution in [0, 0.1) is 22.0 Å². The van der Waals surface area contributed by atoms with Crippen LogP contribution in [0.25, 0.3) is 0 Å². The highest BCUT2D eigenvalue weighted by molar-refractivity contribution is 5.99. The molecular formula is C15H13N3O3. The molecule has 1 fully saturated rings. The van der Waals surface area contributed by atoms with Crippen LogP contribution in [-0.2, 0) is 4.79 Å². The normalized spacial score (nSPS) is 32.6. The summed E-state index contributed by atoms with van der Waals surface area (Å²) in [6.07, 6.45) is 10.1. The summed E-state index contributed by atoms with van der Waals surface area (Å²) in [4.78, 5) is 28.7. The van der Waals surface area contributed by atoms with Gasteiger partial charge >= 0.3 is 0 Å². The first kappa shape index (κ1) is 12.3. The largest absolute Gasteiger partial charge is 0.339 e. The Balaban J connectivity index is 1.75. The van der Waals surface area contributed by atoms with E-state index < -0.39 is 4.92 Å². The van der Waals surface area contributed by atoms with E-state index in [1.54, 1.807) is 12.1 Å². The summed E-state index contributed by atoms with van der Waals surface area (Å²) in [7, 11) is 0. The van der Waals surface area contributed by atoms with Crippen molar-refractivity contribution in [2.24, 2.45) is 11.8 Å². The Bertz CT molecular complexity index is 680. The maximum absolute atomic E-state index is 12.3. The van der Waals surface area contributed by atoms with Crippen LogP contribution in [0.15, 0.2) is 42.6 Å². The van der Waals surface area contributed by atoms with Crippen LogP contribution in [-0.4, -0.2) is 27.8 Å². The molecule has 1 aromatic rings. The van der Waals surface area contributed by atoms with Gasteiger partial charge in [-0.2, -0.15) is 0 Å². The summed E-state index contributed by atoms with van der Waals surface area (Å²) in [6, 6.07) is 2.99. The fourth-order valence-electron chi connectivity index (χ4n) is 3.77. The van der Waals surface area contributed by atoms with Crippen molar-refractivity contribution in [1.82, 2.24) is 4.98 Å². The van der Waals surface area contributed by atoms with E-state index in [1.807, 2.05) is 11.0 Å². The minimum absolute atomic E-state index is 0.0370. The minimum atomic E-state index is -0.468. The number of nitro groups is 1. The molecule has 1 saturated heterocycles. The van der Waals surface area contributed by atoms with E-state index in [2.05, 4.69) is 17.1 Å². The van der Waals surface area contributed by atoms with Crippen molar-refractivity contribution in [3.8, 4) is 0 Å². The van der Waals surface area contributed by atoms with Gasteiger partial charge in [0.2, 0.25) is 0 Å². The number of carbonyl (C=O) groups is 1. The maximum Gasteiger partial charge on any atom is 0.287 e. The number of carbonyl (C=O) groups excluding carboxylic acids is 1. The zero-order valence-electron chi connectivity index (χ0n) is 11.1. The van der Waals surface area contributed by atoms with Crippen molar-refractivity contribution in [3.63, 3.8) is 0 Å². The first-order chi connectivity index (χ1) is 10.2. The molecule has 3 aliphatic rings. The smallest absolute Gasteiger partial charge is 0.287 e. The molecule has 2 bridgehead atoms. The van der Waals surface area contributed by atoms with Gasteiger partial charge < -0.3 is 4.90 Å². The predicted octanol–water partition coefficient (Wildman–Crippen LogP) is 1.88. The molecule has 6 heteroatoms. The molecule has 0 N–H and O–H groups in total. The molecular weight excluding hydrogens is 270 g/mol. The fraction of sp³-hybridized carbons (Fsp3) is 0.333. The summed E-state index contributed by atoms with van der Waals surface area (Å²) < 4.78 is 0. The monoisotopic (exact) mass is 283 g/mol. The third-order valence-corrected chi connectivity index (χ3v) is 4.64. The molecule has 106 valence electrons. The highest BCUT2D eigenvalue weighted by Crippen LogP contribution is 2.46. The number of allylic oxidation sites excluding steroid dienone is 1. The standard InChI is InChI=1S/C15H13N3O3/c19-13-6-5-12-10-2-1-3-11(10)15(13)17(12)14-7-4-9(8-16-14)18(20)21/h1-2,4-8,10-12,15H,3H2/t10-,11+,12-,15-/m1/s1. The van der Waals surface area contributed by atoms with Crippen LogP contribution in [0.4, 0.5) is 11.5 Å².